The summed E-state index contributed by atoms with van der Waals surface area (Å²) >= 11 is 3.28. The highest BCUT2D eigenvalue weighted by Gasteiger charge is 2.13. The van der Waals surface area contributed by atoms with Crippen molar-refractivity contribution in [3.63, 3.8) is 0 Å². The SMILES string of the molecule is CCOC(=O)c1cn2c(C#N)cc(Br)cc2n1. The number of rotatable bonds is 2. The van der Waals surface area contributed by atoms with Crippen molar-refractivity contribution in [2.75, 3.05) is 6.61 Å². The Hall–Kier alpha value is -1.87. The van der Waals surface area contributed by atoms with Crippen LogP contribution in [0.4, 0.5) is 0 Å². The number of fused-ring (bicyclic) bond motifs is 1. The van der Waals surface area contributed by atoms with Crippen LogP contribution < -0.4 is 0 Å². The molecule has 17 heavy (non-hydrogen) atoms. The minimum Gasteiger partial charge on any atom is -0.461 e. The average Bonchev–Trinajstić information content (AvgIpc) is 2.71. The van der Waals surface area contributed by atoms with E-state index in [1.54, 1.807) is 23.5 Å². The topological polar surface area (TPSA) is 67.4 Å². The van der Waals surface area contributed by atoms with Crippen molar-refractivity contribution in [3.05, 3.63) is 34.2 Å². The summed E-state index contributed by atoms with van der Waals surface area (Å²) in [6, 6.07) is 5.42. The Bertz CT molecular complexity index is 627. The molecule has 0 amide bonds. The summed E-state index contributed by atoms with van der Waals surface area (Å²) in [7, 11) is 0. The maximum absolute atomic E-state index is 11.5. The van der Waals surface area contributed by atoms with E-state index in [1.807, 2.05) is 6.07 Å². The zero-order valence-electron chi connectivity index (χ0n) is 8.98. The van der Waals surface area contributed by atoms with Crippen molar-refractivity contribution in [2.45, 2.75) is 6.92 Å². The van der Waals surface area contributed by atoms with E-state index in [2.05, 4.69) is 20.9 Å². The Labute approximate surface area is 106 Å². The fourth-order valence-electron chi connectivity index (χ4n) is 1.44. The van der Waals surface area contributed by atoms with Gasteiger partial charge in [-0.2, -0.15) is 5.26 Å². The summed E-state index contributed by atoms with van der Waals surface area (Å²) in [5, 5.41) is 8.98. The van der Waals surface area contributed by atoms with E-state index >= 15 is 0 Å². The molecule has 0 bridgehead atoms. The van der Waals surface area contributed by atoms with Gasteiger partial charge in [0.2, 0.25) is 0 Å². The number of hydrogen-bond acceptors (Lipinski definition) is 4. The van der Waals surface area contributed by atoms with Crippen molar-refractivity contribution < 1.29 is 9.53 Å². The lowest BCUT2D eigenvalue weighted by molar-refractivity contribution is 0.0520. The van der Waals surface area contributed by atoms with Gasteiger partial charge in [-0.3, -0.25) is 4.40 Å². The monoisotopic (exact) mass is 293 g/mol. The minimum absolute atomic E-state index is 0.196. The van der Waals surface area contributed by atoms with Gasteiger partial charge in [-0.15, -0.1) is 0 Å². The summed E-state index contributed by atoms with van der Waals surface area (Å²) < 4.78 is 7.14. The molecule has 0 aromatic carbocycles. The normalized spacial score (nSPS) is 10.2. The zero-order chi connectivity index (χ0) is 12.4. The summed E-state index contributed by atoms with van der Waals surface area (Å²) in [5.41, 5.74) is 1.12. The van der Waals surface area contributed by atoms with Crippen molar-refractivity contribution in [1.29, 1.82) is 5.26 Å². The van der Waals surface area contributed by atoms with Crippen LogP contribution in [-0.2, 0) is 4.74 Å². The van der Waals surface area contributed by atoms with E-state index in [1.165, 1.54) is 6.20 Å². The lowest BCUT2D eigenvalue weighted by Crippen LogP contribution is -2.04. The molecular formula is C11H8BrN3O2. The zero-order valence-corrected chi connectivity index (χ0v) is 10.6. The fraction of sp³-hybridized carbons (Fsp3) is 0.182. The highest BCUT2D eigenvalue weighted by atomic mass is 79.9. The predicted octanol–water partition coefficient (Wildman–Crippen LogP) is 2.15. The molecule has 2 rings (SSSR count). The van der Waals surface area contributed by atoms with Crippen molar-refractivity contribution in [3.8, 4) is 6.07 Å². The molecular weight excluding hydrogens is 286 g/mol. The van der Waals surface area contributed by atoms with E-state index < -0.39 is 5.97 Å². The molecule has 2 aromatic heterocycles. The van der Waals surface area contributed by atoms with Crippen LogP contribution in [0.15, 0.2) is 22.8 Å². The van der Waals surface area contributed by atoms with Crippen LogP contribution >= 0.6 is 15.9 Å². The molecule has 0 spiro atoms. The van der Waals surface area contributed by atoms with Crippen molar-refractivity contribution in [2.24, 2.45) is 0 Å². The summed E-state index contributed by atoms with van der Waals surface area (Å²) in [6.07, 6.45) is 1.50. The lowest BCUT2D eigenvalue weighted by Gasteiger charge is -1.96. The number of ether oxygens (including phenoxy) is 1. The molecule has 5 nitrogen and oxygen atoms in total. The first-order chi connectivity index (χ1) is 8.15. The molecule has 0 aliphatic carbocycles. The third kappa shape index (κ3) is 2.15. The molecule has 2 aromatic rings. The third-order valence-corrected chi connectivity index (χ3v) is 2.59. The Morgan fingerprint density at radius 2 is 2.41 bits per heavy atom. The van der Waals surface area contributed by atoms with Crippen LogP contribution in [0.5, 0.6) is 0 Å². The number of aromatic nitrogens is 2. The standard InChI is InChI=1S/C11H8BrN3O2/c1-2-17-11(16)9-6-15-8(5-13)3-7(12)4-10(15)14-9/h3-4,6H,2H2,1H3. The minimum atomic E-state index is -0.490. The van der Waals surface area contributed by atoms with E-state index in [0.29, 0.717) is 17.9 Å². The van der Waals surface area contributed by atoms with Gasteiger partial charge in [-0.1, -0.05) is 15.9 Å². The third-order valence-electron chi connectivity index (χ3n) is 2.13. The fourth-order valence-corrected chi connectivity index (χ4v) is 1.87. The second kappa shape index (κ2) is 4.55. The molecule has 0 atom stereocenters. The van der Waals surface area contributed by atoms with Gasteiger partial charge in [0, 0.05) is 10.7 Å². The van der Waals surface area contributed by atoms with Crippen LogP contribution in [0.3, 0.4) is 0 Å². The first kappa shape index (κ1) is 11.6. The maximum Gasteiger partial charge on any atom is 0.358 e. The first-order valence-electron chi connectivity index (χ1n) is 4.91. The summed E-state index contributed by atoms with van der Waals surface area (Å²) in [6.45, 7) is 2.02. The van der Waals surface area contributed by atoms with Gasteiger partial charge in [0.15, 0.2) is 5.69 Å². The van der Waals surface area contributed by atoms with Crippen LogP contribution in [0.1, 0.15) is 23.1 Å². The molecule has 86 valence electrons. The highest BCUT2D eigenvalue weighted by molar-refractivity contribution is 9.10. The summed E-state index contributed by atoms with van der Waals surface area (Å²) in [5.74, 6) is -0.490. The summed E-state index contributed by atoms with van der Waals surface area (Å²) in [4.78, 5) is 15.6. The van der Waals surface area contributed by atoms with Gasteiger partial charge in [-0.25, -0.2) is 9.78 Å². The van der Waals surface area contributed by atoms with Crippen molar-refractivity contribution in [1.82, 2.24) is 9.38 Å². The molecule has 0 N–H and O–H groups in total. The van der Waals surface area contributed by atoms with Crippen molar-refractivity contribution >= 4 is 27.5 Å². The molecule has 0 saturated carbocycles. The predicted molar refractivity (Wildman–Crippen MR) is 63.6 cm³/mol. The Morgan fingerprint density at radius 3 is 3.06 bits per heavy atom. The van der Waals surface area contributed by atoms with E-state index in [4.69, 9.17) is 10.00 Å². The number of nitrogens with zero attached hydrogens (tertiary/aromatic N) is 3. The van der Waals surface area contributed by atoms with Gasteiger partial charge in [-0.05, 0) is 19.1 Å². The second-order valence-corrected chi connectivity index (χ2v) is 4.16. The van der Waals surface area contributed by atoms with Gasteiger partial charge in [0.05, 0.1) is 6.61 Å². The molecule has 2 heterocycles. The maximum atomic E-state index is 11.5. The number of carbonyl (C=O) groups is 1. The van der Waals surface area contributed by atoms with E-state index in [-0.39, 0.29) is 5.69 Å². The van der Waals surface area contributed by atoms with Crippen LogP contribution in [-0.4, -0.2) is 22.0 Å². The number of halogens is 1. The largest absolute Gasteiger partial charge is 0.461 e. The number of carbonyl (C=O) groups excluding carboxylic acids is 1. The lowest BCUT2D eigenvalue weighted by atomic mass is 10.3. The quantitative estimate of drug-likeness (QED) is 0.796. The number of pyridine rings is 1. The second-order valence-electron chi connectivity index (χ2n) is 3.25. The molecule has 0 unspecified atom stereocenters. The number of hydrogen-bond donors (Lipinski definition) is 0. The van der Waals surface area contributed by atoms with E-state index in [0.717, 1.165) is 4.47 Å². The van der Waals surface area contributed by atoms with Gasteiger partial charge in [0.1, 0.15) is 17.4 Å². The van der Waals surface area contributed by atoms with Crippen LogP contribution in [0.2, 0.25) is 0 Å². The number of esters is 1. The molecule has 0 fully saturated rings. The molecule has 0 saturated heterocycles. The van der Waals surface area contributed by atoms with Gasteiger partial charge < -0.3 is 4.74 Å². The highest BCUT2D eigenvalue weighted by Crippen LogP contribution is 2.17. The molecule has 0 aliphatic heterocycles. The number of imidazole rings is 1. The van der Waals surface area contributed by atoms with E-state index in [9.17, 15) is 4.79 Å². The average molecular weight is 294 g/mol. The molecule has 0 aliphatic rings. The smallest absolute Gasteiger partial charge is 0.358 e. The first-order valence-corrected chi connectivity index (χ1v) is 5.71. The Balaban J connectivity index is 2.58. The van der Waals surface area contributed by atoms with Gasteiger partial charge in [0.25, 0.3) is 0 Å². The van der Waals surface area contributed by atoms with Crippen LogP contribution in [0.25, 0.3) is 5.65 Å². The Morgan fingerprint density at radius 1 is 1.65 bits per heavy atom. The van der Waals surface area contributed by atoms with Crippen LogP contribution in [0, 0.1) is 11.3 Å². The van der Waals surface area contributed by atoms with Gasteiger partial charge >= 0.3 is 5.97 Å². The number of nitriles is 1. The Kier molecular flexibility index (Phi) is 3.11. The molecule has 6 heteroatoms. The molecule has 0 radical (unpaired) electrons.